The van der Waals surface area contributed by atoms with Gasteiger partial charge < -0.3 is 14.5 Å². The van der Waals surface area contributed by atoms with Crippen molar-refractivity contribution in [3.05, 3.63) is 29.8 Å². The fourth-order valence-corrected chi connectivity index (χ4v) is 4.39. The predicted molar refractivity (Wildman–Crippen MR) is 84.9 cm³/mol. The highest BCUT2D eigenvalue weighted by Crippen LogP contribution is 2.33. The Bertz CT molecular complexity index is 549. The lowest BCUT2D eigenvalue weighted by molar-refractivity contribution is -0.139. The summed E-state index contributed by atoms with van der Waals surface area (Å²) >= 11 is 0. The topological polar surface area (TPSA) is 32.8 Å². The molecule has 0 saturated carbocycles. The van der Waals surface area contributed by atoms with E-state index in [1.165, 1.54) is 12.8 Å². The summed E-state index contributed by atoms with van der Waals surface area (Å²) in [5.41, 5.74) is 1.16. The summed E-state index contributed by atoms with van der Waals surface area (Å²) in [6.07, 6.45) is 5.14. The number of rotatable bonds is 2. The summed E-state index contributed by atoms with van der Waals surface area (Å²) in [4.78, 5) is 17.5. The second-order valence-corrected chi connectivity index (χ2v) is 6.85. The predicted octanol–water partition coefficient (Wildman–Crippen LogP) is 2.08. The Morgan fingerprint density at radius 1 is 1.14 bits per heavy atom. The van der Waals surface area contributed by atoms with Crippen LogP contribution in [-0.4, -0.2) is 54.0 Å². The first-order valence-electron chi connectivity index (χ1n) is 8.49. The summed E-state index contributed by atoms with van der Waals surface area (Å²) in [6, 6.07) is 8.94. The van der Waals surface area contributed by atoms with Crippen LogP contribution in [0.5, 0.6) is 5.75 Å². The number of para-hydroxylation sites is 1. The third-order valence-electron chi connectivity index (χ3n) is 5.53. The molecule has 1 amide bonds. The van der Waals surface area contributed by atoms with Crippen molar-refractivity contribution < 1.29 is 9.53 Å². The molecule has 1 aromatic rings. The molecule has 0 unspecified atom stereocenters. The van der Waals surface area contributed by atoms with Crippen molar-refractivity contribution in [3.8, 4) is 5.75 Å². The number of carbonyl (C=O) groups excluding carboxylic acids is 1. The second kappa shape index (κ2) is 5.58. The highest BCUT2D eigenvalue weighted by atomic mass is 16.5. The van der Waals surface area contributed by atoms with Crippen molar-refractivity contribution in [2.24, 2.45) is 0 Å². The molecule has 0 spiro atoms. The van der Waals surface area contributed by atoms with Gasteiger partial charge >= 0.3 is 0 Å². The third-order valence-corrected chi connectivity index (χ3v) is 5.53. The van der Waals surface area contributed by atoms with Crippen molar-refractivity contribution >= 4 is 5.91 Å². The number of amides is 1. The molecule has 0 radical (unpaired) electrons. The van der Waals surface area contributed by atoms with Gasteiger partial charge in [-0.05, 0) is 50.9 Å². The van der Waals surface area contributed by atoms with Crippen LogP contribution in [0.1, 0.15) is 31.2 Å². The quantitative estimate of drug-likeness (QED) is 0.838. The normalized spacial score (nSPS) is 31.3. The molecule has 0 aliphatic carbocycles. The lowest BCUT2D eigenvalue weighted by Gasteiger charge is -2.34. The zero-order valence-corrected chi connectivity index (χ0v) is 13.2. The van der Waals surface area contributed by atoms with Crippen LogP contribution in [0.4, 0.5) is 0 Å². The molecular weight excluding hydrogens is 276 g/mol. The van der Waals surface area contributed by atoms with Gasteiger partial charge in [0.05, 0.1) is 0 Å². The summed E-state index contributed by atoms with van der Waals surface area (Å²) in [6.45, 7) is 2.05. The smallest absolute Gasteiger partial charge is 0.264 e. The molecular formula is C18H24N2O2. The number of carbonyl (C=O) groups is 1. The maximum atomic E-state index is 13.0. The average molecular weight is 300 g/mol. The Kier molecular flexibility index (Phi) is 3.57. The third kappa shape index (κ3) is 2.30. The van der Waals surface area contributed by atoms with Crippen LogP contribution in [0.2, 0.25) is 0 Å². The van der Waals surface area contributed by atoms with E-state index in [0.717, 1.165) is 43.7 Å². The SMILES string of the molecule is CN1CCC[C@@H]1[C@@H]1CCCN1C(=O)[C@@H]1Cc2ccccc2O1. The van der Waals surface area contributed by atoms with Crippen LogP contribution in [0.3, 0.4) is 0 Å². The first-order valence-corrected chi connectivity index (χ1v) is 8.49. The van der Waals surface area contributed by atoms with Gasteiger partial charge in [-0.1, -0.05) is 18.2 Å². The van der Waals surface area contributed by atoms with Gasteiger partial charge in [0.1, 0.15) is 5.75 Å². The first-order chi connectivity index (χ1) is 10.7. The molecule has 3 aliphatic rings. The van der Waals surface area contributed by atoms with Gasteiger partial charge in [-0.3, -0.25) is 4.79 Å². The molecule has 0 aromatic heterocycles. The molecule has 0 bridgehead atoms. The van der Waals surface area contributed by atoms with Crippen molar-refractivity contribution in [3.63, 3.8) is 0 Å². The lowest BCUT2D eigenvalue weighted by atomic mass is 10.0. The summed E-state index contributed by atoms with van der Waals surface area (Å²) in [7, 11) is 2.20. The van der Waals surface area contributed by atoms with Gasteiger partial charge in [0, 0.05) is 25.0 Å². The number of fused-ring (bicyclic) bond motifs is 1. The molecule has 2 saturated heterocycles. The number of hydrogen-bond donors (Lipinski definition) is 0. The molecule has 4 nitrogen and oxygen atoms in total. The Labute approximate surface area is 132 Å². The summed E-state index contributed by atoms with van der Waals surface area (Å²) in [5, 5.41) is 0. The van der Waals surface area contributed by atoms with E-state index in [2.05, 4.69) is 22.9 Å². The van der Waals surface area contributed by atoms with Crippen molar-refractivity contribution in [1.82, 2.24) is 9.80 Å². The molecule has 3 atom stereocenters. The molecule has 3 heterocycles. The molecule has 0 N–H and O–H groups in total. The van der Waals surface area contributed by atoms with Crippen molar-refractivity contribution in [1.29, 1.82) is 0 Å². The Morgan fingerprint density at radius 2 is 1.91 bits per heavy atom. The van der Waals surface area contributed by atoms with Crippen LogP contribution in [-0.2, 0) is 11.2 Å². The number of likely N-dealkylation sites (tertiary alicyclic amines) is 2. The Hall–Kier alpha value is -1.55. The van der Waals surface area contributed by atoms with Crippen molar-refractivity contribution in [2.45, 2.75) is 50.3 Å². The standard InChI is InChI=1S/C18H24N2O2/c1-19-10-4-7-14(19)15-8-5-11-20(15)18(21)17-12-13-6-2-3-9-16(13)22-17/h2-3,6,9,14-15,17H,4-5,7-8,10-12H2,1H3/t14-,15+,17+/m1/s1. The summed E-state index contributed by atoms with van der Waals surface area (Å²) in [5.74, 6) is 1.08. The minimum absolute atomic E-state index is 0.194. The van der Waals surface area contributed by atoms with E-state index in [4.69, 9.17) is 4.74 Å². The number of nitrogens with zero attached hydrogens (tertiary/aromatic N) is 2. The first kappa shape index (κ1) is 14.1. The van der Waals surface area contributed by atoms with E-state index in [1.807, 2.05) is 18.2 Å². The van der Waals surface area contributed by atoms with E-state index in [1.54, 1.807) is 0 Å². The van der Waals surface area contributed by atoms with Gasteiger partial charge in [-0.15, -0.1) is 0 Å². The van der Waals surface area contributed by atoms with Crippen LogP contribution >= 0.6 is 0 Å². The highest BCUT2D eigenvalue weighted by molar-refractivity contribution is 5.83. The second-order valence-electron chi connectivity index (χ2n) is 6.85. The molecule has 1 aromatic carbocycles. The Morgan fingerprint density at radius 3 is 2.68 bits per heavy atom. The number of ether oxygens (including phenoxy) is 1. The lowest BCUT2D eigenvalue weighted by Crippen LogP contribution is -2.50. The molecule has 118 valence electrons. The summed E-state index contributed by atoms with van der Waals surface area (Å²) < 4.78 is 5.91. The number of hydrogen-bond acceptors (Lipinski definition) is 3. The van der Waals surface area contributed by atoms with Crippen LogP contribution in [0.15, 0.2) is 24.3 Å². The molecule has 3 aliphatic heterocycles. The van der Waals surface area contributed by atoms with Gasteiger partial charge in [0.15, 0.2) is 6.10 Å². The monoisotopic (exact) mass is 300 g/mol. The van der Waals surface area contributed by atoms with E-state index in [9.17, 15) is 4.79 Å². The minimum atomic E-state index is -0.315. The number of likely N-dealkylation sites (N-methyl/N-ethyl adjacent to an activating group) is 1. The van der Waals surface area contributed by atoms with E-state index in [0.29, 0.717) is 12.1 Å². The molecule has 4 rings (SSSR count). The van der Waals surface area contributed by atoms with E-state index in [-0.39, 0.29) is 12.0 Å². The van der Waals surface area contributed by atoms with Crippen LogP contribution in [0, 0.1) is 0 Å². The minimum Gasteiger partial charge on any atom is -0.480 e. The van der Waals surface area contributed by atoms with E-state index >= 15 is 0 Å². The Balaban J connectivity index is 1.48. The molecule has 22 heavy (non-hydrogen) atoms. The van der Waals surface area contributed by atoms with Gasteiger partial charge in [-0.25, -0.2) is 0 Å². The zero-order chi connectivity index (χ0) is 15.1. The molecule has 4 heteroatoms. The van der Waals surface area contributed by atoms with Crippen LogP contribution in [0.25, 0.3) is 0 Å². The van der Waals surface area contributed by atoms with Crippen molar-refractivity contribution in [2.75, 3.05) is 20.1 Å². The largest absolute Gasteiger partial charge is 0.480 e. The van der Waals surface area contributed by atoms with Gasteiger partial charge in [-0.2, -0.15) is 0 Å². The number of benzene rings is 1. The average Bonchev–Trinajstić information content (AvgIpc) is 3.24. The fraction of sp³-hybridized carbons (Fsp3) is 0.611. The fourth-order valence-electron chi connectivity index (χ4n) is 4.39. The van der Waals surface area contributed by atoms with Crippen LogP contribution < -0.4 is 4.74 Å². The molecule has 2 fully saturated rings. The van der Waals surface area contributed by atoms with Gasteiger partial charge in [0.25, 0.3) is 5.91 Å². The maximum Gasteiger partial charge on any atom is 0.264 e. The van der Waals surface area contributed by atoms with E-state index < -0.39 is 0 Å². The zero-order valence-electron chi connectivity index (χ0n) is 13.2. The highest BCUT2D eigenvalue weighted by Gasteiger charge is 2.42. The maximum absolute atomic E-state index is 13.0. The van der Waals surface area contributed by atoms with Gasteiger partial charge in [0.2, 0.25) is 0 Å².